The fraction of sp³-hybridized carbons (Fsp3) is 0.182. The van der Waals surface area contributed by atoms with Crippen molar-refractivity contribution in [1.82, 2.24) is 0 Å². The van der Waals surface area contributed by atoms with Gasteiger partial charge < -0.3 is 0 Å². The highest BCUT2D eigenvalue weighted by Crippen LogP contribution is 2.27. The van der Waals surface area contributed by atoms with Crippen LogP contribution in [0.3, 0.4) is 0 Å². The third kappa shape index (κ3) is 3.28. The Morgan fingerprint density at radius 1 is 0.625 bits per heavy atom. The van der Waals surface area contributed by atoms with E-state index >= 15 is 0 Å². The molecule has 0 unspecified atom stereocenters. The summed E-state index contributed by atoms with van der Waals surface area (Å²) in [5.41, 5.74) is 6.45. The Morgan fingerprint density at radius 2 is 1.12 bits per heavy atom. The predicted molar refractivity (Wildman–Crippen MR) is 103 cm³/mol. The van der Waals surface area contributed by atoms with E-state index in [1.54, 1.807) is 12.2 Å². The van der Waals surface area contributed by atoms with E-state index in [1.165, 1.54) is 16.7 Å². The smallest absolute Gasteiger partial charge is 0.0795 e. The first-order valence-corrected chi connectivity index (χ1v) is 8.13. The molecule has 0 bridgehead atoms. The second kappa shape index (κ2) is 6.04. The van der Waals surface area contributed by atoms with Crippen LogP contribution in [-0.4, -0.2) is 11.4 Å². The Hall–Kier alpha value is -2.74. The predicted octanol–water partition coefficient (Wildman–Crippen LogP) is 5.64. The van der Waals surface area contributed by atoms with E-state index in [4.69, 9.17) is 10.8 Å². The van der Waals surface area contributed by atoms with Gasteiger partial charge in [0.05, 0.1) is 11.4 Å². The molecule has 0 aliphatic heterocycles. The first-order valence-electron chi connectivity index (χ1n) is 8.13. The molecule has 2 heteroatoms. The van der Waals surface area contributed by atoms with Crippen molar-refractivity contribution < 1.29 is 0 Å². The number of allylic oxidation sites excluding steroid dienone is 4. The average Bonchev–Trinajstić information content (AvgIpc) is 2.57. The van der Waals surface area contributed by atoms with Gasteiger partial charge in [-0.1, -0.05) is 75.4 Å². The minimum atomic E-state index is 0.167. The van der Waals surface area contributed by atoms with Gasteiger partial charge in [-0.15, -0.1) is 0 Å². The van der Waals surface area contributed by atoms with E-state index < -0.39 is 0 Å². The van der Waals surface area contributed by atoms with Crippen molar-refractivity contribution >= 4 is 17.0 Å². The fourth-order valence-electron chi connectivity index (χ4n) is 2.74. The van der Waals surface area contributed by atoms with Gasteiger partial charge >= 0.3 is 0 Å². The maximum atomic E-state index is 7.77. The molecule has 0 amide bonds. The molecule has 1 aliphatic rings. The van der Waals surface area contributed by atoms with Gasteiger partial charge in [0.2, 0.25) is 0 Å². The van der Waals surface area contributed by atoms with Gasteiger partial charge in [0.15, 0.2) is 0 Å². The van der Waals surface area contributed by atoms with Crippen molar-refractivity contribution in [3.05, 3.63) is 77.9 Å². The van der Waals surface area contributed by atoms with Crippen molar-refractivity contribution in [3.8, 4) is 11.1 Å². The highest BCUT2D eigenvalue weighted by Gasteiger charge is 2.13. The Balaban J connectivity index is 1.85. The minimum absolute atomic E-state index is 0.167. The van der Waals surface area contributed by atoms with Crippen molar-refractivity contribution in [3.63, 3.8) is 0 Å². The molecule has 0 heterocycles. The van der Waals surface area contributed by atoms with Crippen LogP contribution in [0.1, 0.15) is 31.9 Å². The molecule has 0 fully saturated rings. The van der Waals surface area contributed by atoms with E-state index in [0.717, 1.165) is 11.1 Å². The second-order valence-electron chi connectivity index (χ2n) is 7.17. The largest absolute Gasteiger partial charge is 0.299 e. The standard InChI is InChI=1S/C22H22N2/c1-22(2,3)19-11-8-16(9-12-19)15-4-6-17(7-5-15)18-10-13-20(23)21(24)14-18/h4-14,23-24H,1-3H3. The summed E-state index contributed by atoms with van der Waals surface area (Å²) in [6.45, 7) is 6.67. The van der Waals surface area contributed by atoms with Crippen molar-refractivity contribution in [1.29, 1.82) is 10.8 Å². The average molecular weight is 314 g/mol. The Kier molecular flexibility index (Phi) is 4.06. The summed E-state index contributed by atoms with van der Waals surface area (Å²) in [5.74, 6) is 0. The minimum Gasteiger partial charge on any atom is -0.299 e. The van der Waals surface area contributed by atoms with Gasteiger partial charge in [-0.2, -0.15) is 0 Å². The van der Waals surface area contributed by atoms with E-state index in [2.05, 4.69) is 69.3 Å². The number of rotatable bonds is 2. The summed E-state index contributed by atoms with van der Waals surface area (Å²) >= 11 is 0. The Labute approximate surface area is 143 Å². The maximum absolute atomic E-state index is 7.77. The first-order chi connectivity index (χ1) is 11.3. The molecular formula is C22H22N2. The molecule has 2 aromatic carbocycles. The lowest BCUT2D eigenvalue weighted by molar-refractivity contribution is 0.590. The van der Waals surface area contributed by atoms with Crippen molar-refractivity contribution in [2.24, 2.45) is 0 Å². The van der Waals surface area contributed by atoms with Crippen molar-refractivity contribution in [2.45, 2.75) is 26.2 Å². The molecule has 0 radical (unpaired) electrons. The third-order valence-corrected chi connectivity index (χ3v) is 4.32. The van der Waals surface area contributed by atoms with Gasteiger partial charge in [-0.05, 0) is 45.4 Å². The van der Waals surface area contributed by atoms with Crippen LogP contribution in [0, 0.1) is 10.8 Å². The third-order valence-electron chi connectivity index (χ3n) is 4.32. The SMILES string of the molecule is CC(C)(C)c1ccc(-c2ccc(C3=CC(=N)C(=N)C=C3)cc2)cc1. The second-order valence-corrected chi connectivity index (χ2v) is 7.17. The van der Waals surface area contributed by atoms with Gasteiger partial charge in [-0.3, -0.25) is 10.8 Å². The Morgan fingerprint density at radius 3 is 1.62 bits per heavy atom. The summed E-state index contributed by atoms with van der Waals surface area (Å²) in [7, 11) is 0. The summed E-state index contributed by atoms with van der Waals surface area (Å²) < 4.78 is 0. The van der Waals surface area contributed by atoms with Gasteiger partial charge in [0, 0.05) is 0 Å². The van der Waals surface area contributed by atoms with Crippen LogP contribution in [0.25, 0.3) is 16.7 Å². The molecule has 0 spiro atoms. The summed E-state index contributed by atoms with van der Waals surface area (Å²) in [6, 6.07) is 17.1. The van der Waals surface area contributed by atoms with Crippen LogP contribution in [0.15, 0.2) is 66.8 Å². The quantitative estimate of drug-likeness (QED) is 0.674. The molecule has 2 aromatic rings. The molecule has 1 aliphatic carbocycles. The summed E-state index contributed by atoms with van der Waals surface area (Å²) in [6.07, 6.45) is 5.32. The topological polar surface area (TPSA) is 47.7 Å². The fourth-order valence-corrected chi connectivity index (χ4v) is 2.74. The molecule has 0 saturated carbocycles. The zero-order valence-electron chi connectivity index (χ0n) is 14.4. The number of benzene rings is 2. The molecule has 0 atom stereocenters. The van der Waals surface area contributed by atoms with E-state index in [9.17, 15) is 0 Å². The van der Waals surface area contributed by atoms with E-state index in [0.29, 0.717) is 0 Å². The van der Waals surface area contributed by atoms with Crippen LogP contribution in [-0.2, 0) is 5.41 Å². The van der Waals surface area contributed by atoms with Gasteiger partial charge in [-0.25, -0.2) is 0 Å². The zero-order valence-corrected chi connectivity index (χ0v) is 14.4. The van der Waals surface area contributed by atoms with Gasteiger partial charge in [0.25, 0.3) is 0 Å². The van der Waals surface area contributed by atoms with Gasteiger partial charge in [0.1, 0.15) is 0 Å². The molecule has 24 heavy (non-hydrogen) atoms. The summed E-state index contributed by atoms with van der Waals surface area (Å²) in [5, 5.41) is 15.4. The molecule has 2 N–H and O–H groups in total. The zero-order chi connectivity index (χ0) is 17.3. The molecule has 0 saturated heterocycles. The van der Waals surface area contributed by atoms with E-state index in [-0.39, 0.29) is 16.8 Å². The lowest BCUT2D eigenvalue weighted by Gasteiger charge is -2.19. The number of nitrogens with one attached hydrogen (secondary N) is 2. The Bertz CT molecular complexity index is 842. The van der Waals surface area contributed by atoms with Crippen LogP contribution >= 0.6 is 0 Å². The molecule has 0 aromatic heterocycles. The molecule has 3 rings (SSSR count). The molecule has 120 valence electrons. The van der Waals surface area contributed by atoms with E-state index in [1.807, 2.05) is 6.08 Å². The van der Waals surface area contributed by atoms with Crippen LogP contribution in [0.5, 0.6) is 0 Å². The maximum Gasteiger partial charge on any atom is 0.0795 e. The normalized spacial score (nSPS) is 14.7. The number of hydrogen-bond acceptors (Lipinski definition) is 2. The monoisotopic (exact) mass is 314 g/mol. The lowest BCUT2D eigenvalue weighted by atomic mass is 9.86. The lowest BCUT2D eigenvalue weighted by Crippen LogP contribution is -2.10. The first kappa shape index (κ1) is 16.1. The van der Waals surface area contributed by atoms with Crippen molar-refractivity contribution in [2.75, 3.05) is 0 Å². The van der Waals surface area contributed by atoms with Crippen LogP contribution in [0.2, 0.25) is 0 Å². The number of hydrogen-bond donors (Lipinski definition) is 2. The van der Waals surface area contributed by atoms with Crippen LogP contribution < -0.4 is 0 Å². The van der Waals surface area contributed by atoms with Crippen LogP contribution in [0.4, 0.5) is 0 Å². The molecular weight excluding hydrogens is 292 g/mol. The highest BCUT2D eigenvalue weighted by molar-refractivity contribution is 6.50. The highest BCUT2D eigenvalue weighted by atomic mass is 14.5. The molecule has 2 nitrogen and oxygen atoms in total. The summed E-state index contributed by atoms with van der Waals surface area (Å²) in [4.78, 5) is 0.